The van der Waals surface area contributed by atoms with Gasteiger partial charge in [0.2, 0.25) is 6.29 Å². The summed E-state index contributed by atoms with van der Waals surface area (Å²) in [4.78, 5) is 14.1. The van der Waals surface area contributed by atoms with E-state index < -0.39 is 49.2 Å². The van der Waals surface area contributed by atoms with Gasteiger partial charge in [-0.2, -0.15) is 0 Å². The third-order valence-electron chi connectivity index (χ3n) is 13.7. The SMILES string of the molecule is CC(C)=CCCC(C(=O)OC1OC(CO)C(O)C(O)C1O)C1CCC2(C)C3=C(CCC12C)C1(C)CCC(O)C(C)(C)C1CC3. The number of carbonyl (C=O) groups excluding carboxylic acids is 1. The molecule has 5 N–H and O–H groups in total. The second-order valence-corrected chi connectivity index (χ2v) is 16.3. The highest BCUT2D eigenvalue weighted by Gasteiger charge is 2.64. The topological polar surface area (TPSA) is 137 Å². The highest BCUT2D eigenvalue weighted by Crippen LogP contribution is 2.72. The van der Waals surface area contributed by atoms with Gasteiger partial charge in [0, 0.05) is 0 Å². The first-order valence-electron chi connectivity index (χ1n) is 17.1. The summed E-state index contributed by atoms with van der Waals surface area (Å²) in [7, 11) is 0. The third-order valence-corrected chi connectivity index (χ3v) is 13.7. The van der Waals surface area contributed by atoms with Crippen LogP contribution in [0.4, 0.5) is 0 Å². The molecule has 12 atom stereocenters. The maximum absolute atomic E-state index is 14.1. The molecule has 0 aromatic carbocycles. The van der Waals surface area contributed by atoms with Crippen LogP contribution in [0.25, 0.3) is 0 Å². The summed E-state index contributed by atoms with van der Waals surface area (Å²) in [5, 5.41) is 51.7. The van der Waals surface area contributed by atoms with E-state index in [1.54, 1.807) is 11.1 Å². The van der Waals surface area contributed by atoms with Gasteiger partial charge in [0.1, 0.15) is 24.4 Å². The molecule has 0 spiro atoms. The summed E-state index contributed by atoms with van der Waals surface area (Å²) >= 11 is 0. The molecule has 0 amide bonds. The van der Waals surface area contributed by atoms with E-state index >= 15 is 0 Å². The molecule has 0 aromatic heterocycles. The molecule has 4 aliphatic carbocycles. The van der Waals surface area contributed by atoms with Gasteiger partial charge in [0.25, 0.3) is 0 Å². The van der Waals surface area contributed by atoms with Gasteiger partial charge in [0.05, 0.1) is 18.6 Å². The summed E-state index contributed by atoms with van der Waals surface area (Å²) in [6.45, 7) is 15.3. The monoisotopic (exact) mass is 618 g/mol. The predicted octanol–water partition coefficient (Wildman–Crippen LogP) is 4.80. The van der Waals surface area contributed by atoms with Crippen molar-refractivity contribution in [2.45, 2.75) is 149 Å². The van der Waals surface area contributed by atoms with Crippen molar-refractivity contribution in [3.05, 3.63) is 22.8 Å². The van der Waals surface area contributed by atoms with E-state index in [1.807, 2.05) is 13.8 Å². The van der Waals surface area contributed by atoms with Crippen LogP contribution in [-0.2, 0) is 14.3 Å². The molecule has 2 saturated carbocycles. The largest absolute Gasteiger partial charge is 0.432 e. The van der Waals surface area contributed by atoms with Crippen molar-refractivity contribution in [3.8, 4) is 0 Å². The van der Waals surface area contributed by atoms with Crippen molar-refractivity contribution in [2.75, 3.05) is 6.61 Å². The molecule has 3 fully saturated rings. The van der Waals surface area contributed by atoms with E-state index in [9.17, 15) is 30.3 Å². The number of carbonyl (C=O) groups is 1. The quantitative estimate of drug-likeness (QED) is 0.203. The first-order chi connectivity index (χ1) is 20.5. The van der Waals surface area contributed by atoms with Gasteiger partial charge in [-0.25, -0.2) is 0 Å². The number of hydrogen-bond acceptors (Lipinski definition) is 8. The molecule has 8 nitrogen and oxygen atoms in total. The summed E-state index contributed by atoms with van der Waals surface area (Å²) in [5.74, 6) is -0.360. The van der Waals surface area contributed by atoms with E-state index in [1.165, 1.54) is 5.57 Å². The van der Waals surface area contributed by atoms with E-state index in [-0.39, 0.29) is 33.7 Å². The zero-order valence-corrected chi connectivity index (χ0v) is 28.0. The average molecular weight is 619 g/mol. The number of rotatable bonds is 7. The number of allylic oxidation sites excluding steroid dienone is 4. The number of fused-ring (bicyclic) bond motifs is 4. The van der Waals surface area contributed by atoms with E-state index in [4.69, 9.17) is 9.47 Å². The van der Waals surface area contributed by atoms with Crippen LogP contribution in [0, 0.1) is 39.4 Å². The summed E-state index contributed by atoms with van der Waals surface area (Å²) in [5.41, 5.74) is 4.22. The second-order valence-electron chi connectivity index (χ2n) is 16.3. The minimum atomic E-state index is -1.61. The first kappa shape index (κ1) is 34.1. The van der Waals surface area contributed by atoms with Crippen molar-refractivity contribution >= 4 is 5.97 Å². The standard InChI is InChI=1S/C36H58O8/c1-20(2)9-8-10-21(31(42)44-32-30(41)29(40)28(39)25(19-37)43-32)22-13-17-36(7)24-11-12-26-33(3,4)27(38)15-16-34(26,5)23(24)14-18-35(22,36)6/h9,21-22,25-30,32,37-41H,8,10-19H2,1-7H3. The van der Waals surface area contributed by atoms with E-state index in [2.05, 4.69) is 40.7 Å². The molecule has 0 bridgehead atoms. The summed E-state index contributed by atoms with van der Waals surface area (Å²) < 4.78 is 11.4. The molecule has 12 unspecified atom stereocenters. The first-order valence-corrected chi connectivity index (χ1v) is 17.1. The van der Waals surface area contributed by atoms with Crippen LogP contribution >= 0.6 is 0 Å². The van der Waals surface area contributed by atoms with Gasteiger partial charge in [-0.15, -0.1) is 0 Å². The van der Waals surface area contributed by atoms with Crippen molar-refractivity contribution < 1.29 is 39.8 Å². The Hall–Kier alpha value is -1.29. The lowest BCUT2D eigenvalue weighted by Gasteiger charge is -2.62. The maximum atomic E-state index is 14.1. The number of ether oxygens (including phenoxy) is 2. The molecular weight excluding hydrogens is 560 g/mol. The van der Waals surface area contributed by atoms with Crippen molar-refractivity contribution in [2.24, 2.45) is 39.4 Å². The number of esters is 1. The van der Waals surface area contributed by atoms with Crippen LogP contribution in [-0.4, -0.2) is 74.9 Å². The Morgan fingerprint density at radius 2 is 1.64 bits per heavy atom. The zero-order valence-electron chi connectivity index (χ0n) is 28.0. The molecule has 5 rings (SSSR count). The number of hydrogen-bond donors (Lipinski definition) is 5. The lowest BCUT2D eigenvalue weighted by Crippen LogP contribution is -2.59. The van der Waals surface area contributed by atoms with Gasteiger partial charge in [-0.1, -0.05) is 57.4 Å². The van der Waals surface area contributed by atoms with Gasteiger partial charge >= 0.3 is 5.97 Å². The van der Waals surface area contributed by atoms with Crippen LogP contribution in [0.3, 0.4) is 0 Å². The van der Waals surface area contributed by atoms with Crippen molar-refractivity contribution in [3.63, 3.8) is 0 Å². The predicted molar refractivity (Wildman–Crippen MR) is 167 cm³/mol. The Morgan fingerprint density at radius 1 is 0.932 bits per heavy atom. The Balaban J connectivity index is 1.45. The fourth-order valence-electron chi connectivity index (χ4n) is 10.8. The van der Waals surface area contributed by atoms with Crippen LogP contribution in [0.15, 0.2) is 22.8 Å². The van der Waals surface area contributed by atoms with Crippen LogP contribution in [0.5, 0.6) is 0 Å². The Bertz CT molecular complexity index is 1150. The van der Waals surface area contributed by atoms with Crippen LogP contribution < -0.4 is 0 Å². The van der Waals surface area contributed by atoms with Crippen LogP contribution in [0.1, 0.15) is 113 Å². The molecule has 8 heteroatoms. The van der Waals surface area contributed by atoms with Gasteiger partial charge in [0.15, 0.2) is 0 Å². The average Bonchev–Trinajstić information content (AvgIpc) is 3.24. The molecule has 44 heavy (non-hydrogen) atoms. The zero-order chi connectivity index (χ0) is 32.4. The Morgan fingerprint density at radius 3 is 2.30 bits per heavy atom. The third kappa shape index (κ3) is 5.24. The molecular formula is C36H58O8. The Kier molecular flexibility index (Phi) is 9.33. The van der Waals surface area contributed by atoms with E-state index in [0.29, 0.717) is 12.3 Å². The summed E-state index contributed by atoms with van der Waals surface area (Å²) in [6.07, 6.45) is 3.80. The minimum absolute atomic E-state index is 0.0440. The molecule has 1 aliphatic heterocycles. The summed E-state index contributed by atoms with van der Waals surface area (Å²) in [6, 6.07) is 0. The molecule has 250 valence electrons. The highest BCUT2D eigenvalue weighted by atomic mass is 16.7. The maximum Gasteiger partial charge on any atom is 0.311 e. The van der Waals surface area contributed by atoms with Gasteiger partial charge in [-0.3, -0.25) is 4.79 Å². The fraction of sp³-hybridized carbons (Fsp3) is 0.861. The van der Waals surface area contributed by atoms with Gasteiger partial charge < -0.3 is 35.0 Å². The van der Waals surface area contributed by atoms with E-state index in [0.717, 1.165) is 57.8 Å². The molecule has 1 saturated heterocycles. The van der Waals surface area contributed by atoms with Crippen molar-refractivity contribution in [1.82, 2.24) is 0 Å². The molecule has 1 heterocycles. The second kappa shape index (κ2) is 12.1. The van der Waals surface area contributed by atoms with Crippen molar-refractivity contribution in [1.29, 1.82) is 0 Å². The lowest BCUT2D eigenvalue weighted by molar-refractivity contribution is -0.294. The smallest absolute Gasteiger partial charge is 0.311 e. The molecule has 5 aliphatic rings. The highest BCUT2D eigenvalue weighted by molar-refractivity contribution is 5.73. The molecule has 0 aromatic rings. The minimum Gasteiger partial charge on any atom is -0.432 e. The lowest BCUT2D eigenvalue weighted by atomic mass is 9.43. The van der Waals surface area contributed by atoms with Gasteiger partial charge in [-0.05, 0) is 112 Å². The molecule has 0 radical (unpaired) electrons. The fourth-order valence-corrected chi connectivity index (χ4v) is 10.8. The number of aliphatic hydroxyl groups is 5. The normalized spacial score (nSPS) is 45.5. The Labute approximate surface area is 263 Å². The van der Waals surface area contributed by atoms with Crippen LogP contribution in [0.2, 0.25) is 0 Å². The number of aliphatic hydroxyl groups excluding tert-OH is 5.